The fraction of sp³-hybridized carbons (Fsp3) is 0.882. The Kier molecular flexibility index (Phi) is 6.09. The van der Waals surface area contributed by atoms with Crippen molar-refractivity contribution in [3.05, 3.63) is 0 Å². The molecule has 5 nitrogen and oxygen atoms in total. The third-order valence-electron chi connectivity index (χ3n) is 4.77. The first-order valence-corrected chi connectivity index (χ1v) is 8.72. The summed E-state index contributed by atoms with van der Waals surface area (Å²) in [6, 6.07) is -0.0934. The lowest BCUT2D eigenvalue weighted by atomic mass is 9.86. The van der Waals surface area contributed by atoms with Crippen molar-refractivity contribution < 1.29 is 14.3 Å². The summed E-state index contributed by atoms with van der Waals surface area (Å²) in [5.74, 6) is 0.833. The van der Waals surface area contributed by atoms with Crippen LogP contribution in [-0.4, -0.2) is 42.1 Å². The molecule has 1 N–H and O–H groups in total. The average Bonchev–Trinajstić information content (AvgIpc) is 2.96. The van der Waals surface area contributed by atoms with Crippen LogP contribution in [0.5, 0.6) is 0 Å². The van der Waals surface area contributed by atoms with E-state index in [-0.39, 0.29) is 24.1 Å². The molecule has 2 rings (SSSR count). The molecule has 2 amide bonds. The van der Waals surface area contributed by atoms with Gasteiger partial charge in [-0.2, -0.15) is 0 Å². The van der Waals surface area contributed by atoms with Crippen LogP contribution in [0.25, 0.3) is 0 Å². The molecule has 1 saturated carbocycles. The molecule has 3 atom stereocenters. The molecule has 1 aliphatic carbocycles. The van der Waals surface area contributed by atoms with Gasteiger partial charge in [0.25, 0.3) is 0 Å². The van der Waals surface area contributed by atoms with E-state index in [1.54, 1.807) is 4.90 Å². The van der Waals surface area contributed by atoms with Gasteiger partial charge in [0.2, 0.25) is 5.91 Å². The van der Waals surface area contributed by atoms with Gasteiger partial charge in [0, 0.05) is 12.6 Å². The van der Waals surface area contributed by atoms with Crippen LogP contribution < -0.4 is 5.32 Å². The number of hydrogen-bond acceptors (Lipinski definition) is 3. The second-order valence-electron chi connectivity index (χ2n) is 7.20. The van der Waals surface area contributed by atoms with Gasteiger partial charge >= 0.3 is 6.09 Å². The molecule has 22 heavy (non-hydrogen) atoms. The highest BCUT2D eigenvalue weighted by Gasteiger charge is 2.36. The quantitative estimate of drug-likeness (QED) is 0.868. The van der Waals surface area contributed by atoms with E-state index in [2.05, 4.69) is 12.2 Å². The van der Waals surface area contributed by atoms with E-state index in [1.807, 2.05) is 13.8 Å². The van der Waals surface area contributed by atoms with Crippen molar-refractivity contribution in [2.45, 2.75) is 71.4 Å². The maximum absolute atomic E-state index is 12.6. The summed E-state index contributed by atoms with van der Waals surface area (Å²) in [5.41, 5.74) is 0. The summed E-state index contributed by atoms with van der Waals surface area (Å²) in [6.07, 6.45) is 5.93. The number of carbonyl (C=O) groups excluding carboxylic acids is 2. The second kappa shape index (κ2) is 7.84. The van der Waals surface area contributed by atoms with Gasteiger partial charge in [-0.05, 0) is 37.5 Å². The van der Waals surface area contributed by atoms with E-state index < -0.39 is 0 Å². The number of likely N-dealkylation sites (tertiary alicyclic amines) is 1. The normalized spacial score (nSPS) is 28.7. The van der Waals surface area contributed by atoms with Crippen LogP contribution in [-0.2, 0) is 9.53 Å². The van der Waals surface area contributed by atoms with E-state index in [0.29, 0.717) is 25.0 Å². The van der Waals surface area contributed by atoms with Crippen LogP contribution in [0.4, 0.5) is 4.79 Å². The Labute approximate surface area is 133 Å². The maximum atomic E-state index is 12.6. The molecule has 0 aromatic rings. The van der Waals surface area contributed by atoms with Crippen molar-refractivity contribution in [1.29, 1.82) is 0 Å². The third-order valence-corrected chi connectivity index (χ3v) is 4.77. The average molecular weight is 310 g/mol. The lowest BCUT2D eigenvalue weighted by Gasteiger charge is -2.32. The molecule has 2 aliphatic rings. The molecule has 0 spiro atoms. The molecular formula is C17H30N2O3. The molecule has 1 saturated heterocycles. The summed E-state index contributed by atoms with van der Waals surface area (Å²) in [5, 5.41) is 3.17. The molecule has 1 heterocycles. The predicted octanol–water partition coefficient (Wildman–Crippen LogP) is 2.94. The molecule has 0 aromatic carbocycles. The fourth-order valence-electron chi connectivity index (χ4n) is 3.39. The van der Waals surface area contributed by atoms with Crippen LogP contribution >= 0.6 is 0 Å². The smallest absolute Gasteiger partial charge is 0.410 e. The molecule has 0 unspecified atom stereocenters. The zero-order valence-corrected chi connectivity index (χ0v) is 14.1. The van der Waals surface area contributed by atoms with Crippen LogP contribution in [0.15, 0.2) is 0 Å². The number of hydrogen-bond donors (Lipinski definition) is 1. The minimum absolute atomic E-state index is 0.00209. The molecule has 5 heteroatoms. The molecule has 1 aliphatic heterocycles. The van der Waals surface area contributed by atoms with Crippen LogP contribution in [0.2, 0.25) is 0 Å². The Balaban J connectivity index is 1.88. The van der Waals surface area contributed by atoms with Crippen molar-refractivity contribution >= 4 is 12.0 Å². The molecule has 0 bridgehead atoms. The standard InChI is InChI=1S/C17H30N2O3/c1-12(2)11-22-17(21)19-10-6-9-15(19)16(20)18-14-8-5-4-7-13(14)3/h12-15H,4-11H2,1-3H3,(H,18,20)/t13-,14+,15-/m1/s1. The Hall–Kier alpha value is -1.26. The van der Waals surface area contributed by atoms with E-state index in [9.17, 15) is 9.59 Å². The lowest BCUT2D eigenvalue weighted by Crippen LogP contribution is -2.51. The van der Waals surface area contributed by atoms with Gasteiger partial charge in [-0.1, -0.05) is 33.6 Å². The minimum Gasteiger partial charge on any atom is -0.449 e. The zero-order valence-electron chi connectivity index (χ0n) is 14.1. The van der Waals surface area contributed by atoms with Crippen molar-refractivity contribution in [2.24, 2.45) is 11.8 Å². The first kappa shape index (κ1) is 17.1. The Morgan fingerprint density at radius 1 is 1.18 bits per heavy atom. The van der Waals surface area contributed by atoms with Crippen LogP contribution in [0.3, 0.4) is 0 Å². The van der Waals surface area contributed by atoms with Gasteiger partial charge in [0.05, 0.1) is 6.61 Å². The topological polar surface area (TPSA) is 58.6 Å². The summed E-state index contributed by atoms with van der Waals surface area (Å²) in [4.78, 5) is 26.3. The van der Waals surface area contributed by atoms with Crippen molar-refractivity contribution in [3.8, 4) is 0 Å². The lowest BCUT2D eigenvalue weighted by molar-refractivity contribution is -0.126. The van der Waals surface area contributed by atoms with Crippen molar-refractivity contribution in [1.82, 2.24) is 10.2 Å². The fourth-order valence-corrected chi connectivity index (χ4v) is 3.39. The highest BCUT2D eigenvalue weighted by Crippen LogP contribution is 2.25. The van der Waals surface area contributed by atoms with Gasteiger partial charge in [-0.15, -0.1) is 0 Å². The largest absolute Gasteiger partial charge is 0.449 e. The van der Waals surface area contributed by atoms with Gasteiger partial charge in [-0.25, -0.2) is 4.79 Å². The summed E-state index contributed by atoms with van der Waals surface area (Å²) in [6.45, 7) is 7.24. The Morgan fingerprint density at radius 3 is 2.59 bits per heavy atom. The number of nitrogens with one attached hydrogen (secondary N) is 1. The molecule has 0 aromatic heterocycles. The van der Waals surface area contributed by atoms with E-state index in [0.717, 1.165) is 19.3 Å². The van der Waals surface area contributed by atoms with Crippen molar-refractivity contribution in [2.75, 3.05) is 13.2 Å². The number of ether oxygens (including phenoxy) is 1. The second-order valence-corrected chi connectivity index (χ2v) is 7.20. The number of amides is 2. The highest BCUT2D eigenvalue weighted by atomic mass is 16.6. The number of rotatable bonds is 4. The van der Waals surface area contributed by atoms with Gasteiger partial charge in [0.15, 0.2) is 0 Å². The van der Waals surface area contributed by atoms with Gasteiger partial charge in [-0.3, -0.25) is 9.69 Å². The Morgan fingerprint density at radius 2 is 1.91 bits per heavy atom. The molecule has 126 valence electrons. The summed E-state index contributed by atoms with van der Waals surface area (Å²) >= 11 is 0. The predicted molar refractivity (Wildman–Crippen MR) is 85.5 cm³/mol. The molecule has 2 fully saturated rings. The maximum Gasteiger partial charge on any atom is 0.410 e. The van der Waals surface area contributed by atoms with Gasteiger partial charge < -0.3 is 10.1 Å². The Bertz CT molecular complexity index is 397. The van der Waals surface area contributed by atoms with E-state index in [4.69, 9.17) is 4.74 Å². The minimum atomic E-state index is -0.353. The monoisotopic (exact) mass is 310 g/mol. The molecular weight excluding hydrogens is 280 g/mol. The number of nitrogens with zero attached hydrogens (tertiary/aromatic N) is 1. The van der Waals surface area contributed by atoms with Crippen molar-refractivity contribution in [3.63, 3.8) is 0 Å². The van der Waals surface area contributed by atoms with E-state index >= 15 is 0 Å². The third kappa shape index (κ3) is 4.37. The summed E-state index contributed by atoms with van der Waals surface area (Å²) < 4.78 is 5.29. The van der Waals surface area contributed by atoms with E-state index in [1.165, 1.54) is 19.3 Å². The summed E-state index contributed by atoms with van der Waals surface area (Å²) in [7, 11) is 0. The SMILES string of the molecule is CC(C)COC(=O)N1CCC[C@@H]1C(=O)N[C@H]1CCCC[C@H]1C. The zero-order chi connectivity index (χ0) is 16.1. The van der Waals surface area contributed by atoms with Gasteiger partial charge in [0.1, 0.15) is 6.04 Å². The molecule has 0 radical (unpaired) electrons. The van der Waals surface area contributed by atoms with Crippen LogP contribution in [0, 0.1) is 11.8 Å². The van der Waals surface area contributed by atoms with Crippen LogP contribution in [0.1, 0.15) is 59.3 Å². The first-order chi connectivity index (χ1) is 10.5. The number of carbonyl (C=O) groups is 2. The first-order valence-electron chi connectivity index (χ1n) is 8.72. The highest BCUT2D eigenvalue weighted by molar-refractivity contribution is 5.86.